The highest BCUT2D eigenvalue weighted by Crippen LogP contribution is 2.04. The second kappa shape index (κ2) is 5.88. The number of aromatic nitrogens is 2. The van der Waals surface area contributed by atoms with Gasteiger partial charge in [-0.25, -0.2) is 0 Å². The van der Waals surface area contributed by atoms with E-state index in [9.17, 15) is 4.79 Å². The van der Waals surface area contributed by atoms with Crippen molar-refractivity contribution in [1.29, 1.82) is 0 Å². The van der Waals surface area contributed by atoms with Crippen molar-refractivity contribution >= 4 is 5.91 Å². The summed E-state index contributed by atoms with van der Waals surface area (Å²) in [6.07, 6.45) is 2.93. The number of nitrogens with zero attached hydrogens (tertiary/aromatic N) is 2. The first-order chi connectivity index (χ1) is 8.79. The van der Waals surface area contributed by atoms with E-state index in [2.05, 4.69) is 15.5 Å². The first-order valence-corrected chi connectivity index (χ1v) is 5.62. The molecule has 0 atom stereocenters. The third-order valence-corrected chi connectivity index (χ3v) is 2.53. The number of nitrogens with one attached hydrogen (secondary N) is 1. The van der Waals surface area contributed by atoms with E-state index in [1.165, 1.54) is 12.4 Å². The van der Waals surface area contributed by atoms with Crippen LogP contribution in [0, 0.1) is 0 Å². The largest absolute Gasteiger partial charge is 0.348 e. The van der Waals surface area contributed by atoms with Crippen LogP contribution in [-0.2, 0) is 13.1 Å². The van der Waals surface area contributed by atoms with Gasteiger partial charge in [-0.3, -0.25) is 4.79 Å². The van der Waals surface area contributed by atoms with Crippen LogP contribution in [0.15, 0.2) is 42.7 Å². The summed E-state index contributed by atoms with van der Waals surface area (Å²) < 4.78 is 0. The normalized spacial score (nSPS) is 10.1. The highest BCUT2D eigenvalue weighted by atomic mass is 16.1. The Bertz CT molecular complexity index is 528. The molecule has 0 saturated heterocycles. The van der Waals surface area contributed by atoms with Gasteiger partial charge in [0.05, 0.1) is 18.0 Å². The summed E-state index contributed by atoms with van der Waals surface area (Å²) in [5.41, 5.74) is 8.13. The van der Waals surface area contributed by atoms with Gasteiger partial charge < -0.3 is 11.1 Å². The van der Waals surface area contributed by atoms with Gasteiger partial charge in [0.2, 0.25) is 0 Å². The third kappa shape index (κ3) is 3.11. The fourth-order valence-electron chi connectivity index (χ4n) is 1.58. The van der Waals surface area contributed by atoms with Crippen LogP contribution in [0.1, 0.15) is 21.5 Å². The Balaban J connectivity index is 1.97. The van der Waals surface area contributed by atoms with Gasteiger partial charge in [-0.05, 0) is 17.2 Å². The quantitative estimate of drug-likeness (QED) is 0.833. The number of rotatable bonds is 4. The Morgan fingerprint density at radius 2 is 2.06 bits per heavy atom. The SMILES string of the molecule is NCc1cccc(CNC(=O)c2ccnnc2)c1. The lowest BCUT2D eigenvalue weighted by molar-refractivity contribution is 0.0950. The molecule has 0 aliphatic rings. The van der Waals surface area contributed by atoms with Crippen LogP contribution < -0.4 is 11.1 Å². The molecule has 0 aliphatic heterocycles. The molecule has 1 amide bonds. The molecule has 2 rings (SSSR count). The van der Waals surface area contributed by atoms with E-state index in [1.54, 1.807) is 6.07 Å². The van der Waals surface area contributed by atoms with Crippen molar-refractivity contribution in [3.8, 4) is 0 Å². The molecule has 0 bridgehead atoms. The van der Waals surface area contributed by atoms with E-state index in [-0.39, 0.29) is 5.91 Å². The summed E-state index contributed by atoms with van der Waals surface area (Å²) in [4.78, 5) is 11.8. The standard InChI is InChI=1S/C13H14N4O/c14-7-10-2-1-3-11(6-10)8-15-13(18)12-4-5-16-17-9-12/h1-6,9H,7-8,14H2,(H,15,18). The average Bonchev–Trinajstić information content (AvgIpc) is 2.46. The second-order valence-corrected chi connectivity index (χ2v) is 3.84. The van der Waals surface area contributed by atoms with Gasteiger partial charge in [-0.2, -0.15) is 10.2 Å². The molecule has 0 fully saturated rings. The van der Waals surface area contributed by atoms with E-state index in [4.69, 9.17) is 5.73 Å². The second-order valence-electron chi connectivity index (χ2n) is 3.84. The van der Waals surface area contributed by atoms with Gasteiger partial charge in [0.25, 0.3) is 5.91 Å². The first kappa shape index (κ1) is 12.2. The zero-order valence-electron chi connectivity index (χ0n) is 9.84. The number of carbonyl (C=O) groups excluding carboxylic acids is 1. The Morgan fingerprint density at radius 1 is 1.22 bits per heavy atom. The van der Waals surface area contributed by atoms with Crippen LogP contribution in [0.25, 0.3) is 0 Å². The van der Waals surface area contributed by atoms with Gasteiger partial charge in [0, 0.05) is 13.1 Å². The van der Waals surface area contributed by atoms with Crippen LogP contribution in [0.5, 0.6) is 0 Å². The molecule has 5 nitrogen and oxygen atoms in total. The van der Waals surface area contributed by atoms with Gasteiger partial charge >= 0.3 is 0 Å². The predicted octanol–water partition coefficient (Wildman–Crippen LogP) is 0.865. The first-order valence-electron chi connectivity index (χ1n) is 5.62. The zero-order chi connectivity index (χ0) is 12.8. The van der Waals surface area contributed by atoms with E-state index >= 15 is 0 Å². The molecule has 0 radical (unpaired) electrons. The smallest absolute Gasteiger partial charge is 0.253 e. The monoisotopic (exact) mass is 242 g/mol. The van der Waals surface area contributed by atoms with Crippen LogP contribution in [0.3, 0.4) is 0 Å². The lowest BCUT2D eigenvalue weighted by atomic mass is 10.1. The van der Waals surface area contributed by atoms with E-state index in [0.717, 1.165) is 11.1 Å². The minimum atomic E-state index is -0.164. The topological polar surface area (TPSA) is 80.9 Å². The molecule has 0 aliphatic carbocycles. The number of benzene rings is 1. The molecule has 1 aromatic carbocycles. The lowest BCUT2D eigenvalue weighted by Gasteiger charge is -2.06. The Hall–Kier alpha value is -2.27. The number of hydrogen-bond donors (Lipinski definition) is 2. The molecule has 18 heavy (non-hydrogen) atoms. The van der Waals surface area contributed by atoms with Gasteiger partial charge in [-0.15, -0.1) is 0 Å². The van der Waals surface area contributed by atoms with Crippen molar-refractivity contribution in [2.24, 2.45) is 5.73 Å². The molecule has 1 aromatic heterocycles. The van der Waals surface area contributed by atoms with E-state index in [0.29, 0.717) is 18.7 Å². The number of carbonyl (C=O) groups is 1. The molecule has 2 aromatic rings. The summed E-state index contributed by atoms with van der Waals surface area (Å²) in [7, 11) is 0. The van der Waals surface area contributed by atoms with Gasteiger partial charge in [0.15, 0.2) is 0 Å². The fraction of sp³-hybridized carbons (Fsp3) is 0.154. The van der Waals surface area contributed by atoms with Gasteiger partial charge in [0.1, 0.15) is 0 Å². The molecule has 92 valence electrons. The molecule has 0 spiro atoms. The highest BCUT2D eigenvalue weighted by Gasteiger charge is 2.04. The summed E-state index contributed by atoms with van der Waals surface area (Å²) in [5.74, 6) is -0.164. The van der Waals surface area contributed by atoms with E-state index < -0.39 is 0 Å². The third-order valence-electron chi connectivity index (χ3n) is 2.53. The molecule has 0 saturated carbocycles. The zero-order valence-corrected chi connectivity index (χ0v) is 9.84. The van der Waals surface area contributed by atoms with Crippen LogP contribution in [0.2, 0.25) is 0 Å². The maximum Gasteiger partial charge on any atom is 0.253 e. The summed E-state index contributed by atoms with van der Waals surface area (Å²) in [6.45, 7) is 0.963. The molecule has 0 unspecified atom stereocenters. The van der Waals surface area contributed by atoms with Crippen LogP contribution in [0.4, 0.5) is 0 Å². The van der Waals surface area contributed by atoms with Crippen molar-refractivity contribution in [3.05, 3.63) is 59.4 Å². The molecular formula is C13H14N4O. The van der Waals surface area contributed by atoms with Crippen molar-refractivity contribution in [1.82, 2.24) is 15.5 Å². The van der Waals surface area contributed by atoms with Gasteiger partial charge in [-0.1, -0.05) is 24.3 Å². The Kier molecular flexibility index (Phi) is 3.98. The molecular weight excluding hydrogens is 228 g/mol. The number of amides is 1. The van der Waals surface area contributed by atoms with Crippen molar-refractivity contribution in [2.75, 3.05) is 0 Å². The van der Waals surface area contributed by atoms with Crippen molar-refractivity contribution in [3.63, 3.8) is 0 Å². The summed E-state index contributed by atoms with van der Waals surface area (Å²) in [5, 5.41) is 10.1. The fourth-order valence-corrected chi connectivity index (χ4v) is 1.58. The average molecular weight is 242 g/mol. The van der Waals surface area contributed by atoms with E-state index in [1.807, 2.05) is 24.3 Å². The minimum absolute atomic E-state index is 0.164. The lowest BCUT2D eigenvalue weighted by Crippen LogP contribution is -2.23. The minimum Gasteiger partial charge on any atom is -0.348 e. The Morgan fingerprint density at radius 3 is 2.78 bits per heavy atom. The predicted molar refractivity (Wildman–Crippen MR) is 67.5 cm³/mol. The maximum absolute atomic E-state index is 11.8. The van der Waals surface area contributed by atoms with Crippen molar-refractivity contribution in [2.45, 2.75) is 13.1 Å². The maximum atomic E-state index is 11.8. The highest BCUT2D eigenvalue weighted by molar-refractivity contribution is 5.93. The van der Waals surface area contributed by atoms with Crippen molar-refractivity contribution < 1.29 is 4.79 Å². The van der Waals surface area contributed by atoms with Crippen LogP contribution >= 0.6 is 0 Å². The number of hydrogen-bond acceptors (Lipinski definition) is 4. The number of nitrogens with two attached hydrogens (primary N) is 1. The molecule has 5 heteroatoms. The summed E-state index contributed by atoms with van der Waals surface area (Å²) in [6, 6.07) is 9.43. The molecule has 3 N–H and O–H groups in total. The summed E-state index contributed by atoms with van der Waals surface area (Å²) >= 11 is 0. The molecule has 1 heterocycles. The Labute approximate surface area is 105 Å². The van der Waals surface area contributed by atoms with Crippen LogP contribution in [-0.4, -0.2) is 16.1 Å².